The molecule has 1 aromatic heterocycles. The third-order valence-corrected chi connectivity index (χ3v) is 5.34. The van der Waals surface area contributed by atoms with Crippen molar-refractivity contribution in [3.63, 3.8) is 0 Å². The van der Waals surface area contributed by atoms with Crippen LogP contribution in [-0.2, 0) is 14.3 Å². The van der Waals surface area contributed by atoms with Crippen LogP contribution in [0.2, 0.25) is 0 Å². The van der Waals surface area contributed by atoms with Gasteiger partial charge in [0.05, 0.1) is 28.3 Å². The van der Waals surface area contributed by atoms with Crippen LogP contribution >= 0.6 is 0 Å². The number of halogens is 3. The van der Waals surface area contributed by atoms with Crippen LogP contribution in [-0.4, -0.2) is 65.8 Å². The van der Waals surface area contributed by atoms with E-state index in [0.29, 0.717) is 6.42 Å². The van der Waals surface area contributed by atoms with Crippen molar-refractivity contribution in [2.24, 2.45) is 5.73 Å². The Morgan fingerprint density at radius 1 is 1.44 bits per heavy atom. The number of para-hydroxylation sites is 1. The molecule has 15 heteroatoms. The number of ether oxygens (including phenoxy) is 4. The minimum Gasteiger partial charge on any atom is -0.491 e. The van der Waals surface area contributed by atoms with Gasteiger partial charge in [-0.3, -0.25) is 9.36 Å². The Labute approximate surface area is 241 Å². The molecule has 1 radical (unpaired) electrons. The van der Waals surface area contributed by atoms with Crippen molar-refractivity contribution in [2.45, 2.75) is 37.5 Å². The monoisotopic (exact) mass is 730 g/mol. The zero-order valence-corrected chi connectivity index (χ0v) is 23.4. The predicted molar refractivity (Wildman–Crippen MR) is 114 cm³/mol. The second kappa shape index (κ2) is 11.7. The average molecular weight is 730 g/mol. The number of carbonyl (C=O) groups excluding carboxylic acids is 1. The second-order valence-corrected chi connectivity index (χ2v) is 7.72. The van der Waals surface area contributed by atoms with Gasteiger partial charge < -0.3 is 29.8 Å². The Bertz CT molecular complexity index is 1220. The van der Waals surface area contributed by atoms with Crippen molar-refractivity contribution in [2.75, 3.05) is 31.7 Å². The number of methoxy groups -OCH3 is 1. The molecule has 0 spiro atoms. The maximum Gasteiger partial charge on any atom is 0.472 e. The van der Waals surface area contributed by atoms with E-state index in [0.717, 1.165) is 10.8 Å². The van der Waals surface area contributed by atoms with Crippen molar-refractivity contribution in [3.8, 4) is 17.2 Å². The van der Waals surface area contributed by atoms with Gasteiger partial charge in [0.1, 0.15) is 23.8 Å². The SMILES string of the molecule is [2H]C([3H])OC[C@H]1O[C@@H](n2cc3c(nc2=O)N(C(=O)C(F)(F)F)c2c(OCCCN)cccc2O3)CC1O.[Ac]. The predicted octanol–water partition coefficient (Wildman–Crippen LogP) is 1.60. The van der Waals surface area contributed by atoms with Gasteiger partial charge in [0.2, 0.25) is 0 Å². The summed E-state index contributed by atoms with van der Waals surface area (Å²) in [6, 6.07) is 4.12. The summed E-state index contributed by atoms with van der Waals surface area (Å²) >= 11 is 0. The van der Waals surface area contributed by atoms with E-state index >= 15 is 0 Å². The fraction of sp³-hybridized carbons (Fsp3) is 0.476. The van der Waals surface area contributed by atoms with E-state index in [1.54, 1.807) is 0 Å². The molecule has 1 amide bonds. The Kier molecular flexibility index (Phi) is 8.44. The molecule has 4 rings (SSSR count). The molecule has 0 aliphatic carbocycles. The molecule has 2 aromatic rings. The molecule has 2 unspecified atom stereocenters. The number of nitrogens with zero attached hydrogens (tertiary/aromatic N) is 3. The number of hydrogen-bond donors (Lipinski definition) is 2. The topological polar surface area (TPSA) is 138 Å². The Morgan fingerprint density at radius 2 is 2.22 bits per heavy atom. The van der Waals surface area contributed by atoms with Crippen LogP contribution in [0.4, 0.5) is 24.7 Å². The molecule has 1 aromatic carbocycles. The molecular formula is C21H23AcF3N4O7. The molecule has 11 nitrogen and oxygen atoms in total. The van der Waals surface area contributed by atoms with Crippen LogP contribution in [0, 0.1) is 44.1 Å². The zero-order valence-electron chi connectivity index (χ0n) is 20.7. The minimum atomic E-state index is -5.33. The molecule has 1 fully saturated rings. The van der Waals surface area contributed by atoms with E-state index in [2.05, 4.69) is 4.98 Å². The van der Waals surface area contributed by atoms with Crippen LogP contribution in [0.5, 0.6) is 17.2 Å². The minimum absolute atomic E-state index is 0. The van der Waals surface area contributed by atoms with Crippen molar-refractivity contribution in [1.82, 2.24) is 9.55 Å². The first-order valence-corrected chi connectivity index (χ1v) is 10.5. The molecule has 2 aliphatic heterocycles. The van der Waals surface area contributed by atoms with Gasteiger partial charge in [-0.25, -0.2) is 9.69 Å². The maximum atomic E-state index is 13.6. The number of aliphatic hydroxyl groups excluding tert-OH is 1. The molecule has 3 N–H and O–H groups in total. The zero-order chi connectivity index (χ0) is 26.9. The Hall–Kier alpha value is -1.76. The van der Waals surface area contributed by atoms with Crippen LogP contribution < -0.4 is 25.8 Å². The van der Waals surface area contributed by atoms with Crippen LogP contribution in [0.25, 0.3) is 0 Å². The third kappa shape index (κ3) is 5.71. The van der Waals surface area contributed by atoms with Gasteiger partial charge in [-0.2, -0.15) is 18.2 Å². The first kappa shape index (κ1) is 25.9. The van der Waals surface area contributed by atoms with E-state index in [4.69, 9.17) is 27.4 Å². The van der Waals surface area contributed by atoms with Crippen molar-refractivity contribution >= 4 is 17.4 Å². The van der Waals surface area contributed by atoms with Crippen molar-refractivity contribution in [1.29, 1.82) is 0 Å². The molecule has 0 saturated carbocycles. The molecule has 4 atom stereocenters. The van der Waals surface area contributed by atoms with E-state index in [-0.39, 0.29) is 98.1 Å². The summed E-state index contributed by atoms with van der Waals surface area (Å²) in [4.78, 5) is 29.3. The van der Waals surface area contributed by atoms with E-state index in [1.165, 1.54) is 18.2 Å². The standard InChI is InChI=1S/C21H23F3N4O7.Ac/c1-32-10-15-11(29)8-16(35-15)27-9-14-18(26-20(27)31)28(19(30)21(22,23)24)17-12(33-7-3-6-25)4-2-5-13(17)34-14;/h2,4-5,9,11,15-16,29H,3,6-8,10,25H2,1H3;/t11?,15-,16-;/m1./s1/i1TD;/t1?,11?,15-,16-;. The maximum absolute atomic E-state index is 13.6. The normalized spacial score (nSPS) is 22.4. The summed E-state index contributed by atoms with van der Waals surface area (Å²) in [5, 5.41) is 10.2. The average Bonchev–Trinajstić information content (AvgIpc) is 3.20. The molecule has 3 heterocycles. The van der Waals surface area contributed by atoms with Gasteiger partial charge in [-0.15, -0.1) is 0 Å². The number of benzene rings is 1. The smallest absolute Gasteiger partial charge is 0.472 e. The Balaban J connectivity index is 0.00000400. The van der Waals surface area contributed by atoms with Crippen LogP contribution in [0.15, 0.2) is 29.2 Å². The number of alkyl halides is 3. The first-order chi connectivity index (χ1) is 17.5. The van der Waals surface area contributed by atoms with Crippen LogP contribution in [0.3, 0.4) is 0 Å². The third-order valence-electron chi connectivity index (χ3n) is 5.34. The number of aromatic nitrogens is 2. The van der Waals surface area contributed by atoms with E-state index in [9.17, 15) is 27.9 Å². The van der Waals surface area contributed by atoms with Gasteiger partial charge in [0.25, 0.3) is 0 Å². The summed E-state index contributed by atoms with van der Waals surface area (Å²) in [6.45, 7) is 0.0157. The van der Waals surface area contributed by atoms with Gasteiger partial charge in [-0.05, 0) is 25.1 Å². The summed E-state index contributed by atoms with van der Waals surface area (Å²) in [7, 11) is -1.61. The van der Waals surface area contributed by atoms with Gasteiger partial charge >= 0.3 is 17.8 Å². The van der Waals surface area contributed by atoms with Crippen LogP contribution in [0.1, 0.15) is 21.8 Å². The summed E-state index contributed by atoms with van der Waals surface area (Å²) in [5.74, 6) is -3.62. The fourth-order valence-corrected chi connectivity index (χ4v) is 3.75. The van der Waals surface area contributed by atoms with Crippen molar-refractivity contribution < 1.29 is 88.8 Å². The molecular weight excluding hydrogens is 704 g/mol. The number of aliphatic hydroxyl groups is 1. The molecule has 36 heavy (non-hydrogen) atoms. The van der Waals surface area contributed by atoms with E-state index < -0.39 is 49.1 Å². The number of carbonyl (C=O) groups is 1. The number of anilines is 2. The molecule has 0 bridgehead atoms. The summed E-state index contributed by atoms with van der Waals surface area (Å²) in [5.41, 5.74) is 3.99. The van der Waals surface area contributed by atoms with Gasteiger partial charge in [-0.1, -0.05) is 6.07 Å². The summed E-state index contributed by atoms with van der Waals surface area (Å²) < 4.78 is 77.6. The van der Waals surface area contributed by atoms with Crippen molar-refractivity contribution in [3.05, 3.63) is 34.9 Å². The van der Waals surface area contributed by atoms with Gasteiger partial charge in [0.15, 0.2) is 17.3 Å². The quantitative estimate of drug-likeness (QED) is 0.407. The Morgan fingerprint density at radius 3 is 2.92 bits per heavy atom. The summed E-state index contributed by atoms with van der Waals surface area (Å²) in [6.07, 6.45) is -7.21. The van der Waals surface area contributed by atoms with E-state index in [1.807, 2.05) is 0 Å². The fourth-order valence-electron chi connectivity index (χ4n) is 3.75. The number of amides is 1. The molecule has 1 saturated heterocycles. The molecule has 193 valence electrons. The number of rotatable bonds is 7. The number of hydrogen-bond acceptors (Lipinski definition) is 9. The number of nitrogens with two attached hydrogens (primary N) is 1. The first-order valence-electron chi connectivity index (χ1n) is 11.6. The number of fused-ring (bicyclic) bond motifs is 2. The molecule has 2 aliphatic rings. The van der Waals surface area contributed by atoms with Gasteiger partial charge in [0, 0.05) is 57.5 Å². The largest absolute Gasteiger partial charge is 0.491 e. The second-order valence-electron chi connectivity index (χ2n) is 7.72.